The first-order chi connectivity index (χ1) is 12.4. The number of hydrogen-bond acceptors (Lipinski definition) is 3. The summed E-state index contributed by atoms with van der Waals surface area (Å²) in [6.07, 6.45) is 0. The first kappa shape index (κ1) is 18.2. The van der Waals surface area contributed by atoms with Gasteiger partial charge in [-0.1, -0.05) is 29.8 Å². The van der Waals surface area contributed by atoms with Crippen molar-refractivity contribution in [2.75, 3.05) is 0 Å². The van der Waals surface area contributed by atoms with Gasteiger partial charge in [-0.2, -0.15) is 10.2 Å². The van der Waals surface area contributed by atoms with Crippen LogP contribution in [-0.2, 0) is 17.9 Å². The molecule has 1 N–H and O–H groups in total. The quantitative estimate of drug-likeness (QED) is 0.748. The number of amides is 1. The Labute approximate surface area is 157 Å². The second-order valence-electron chi connectivity index (χ2n) is 6.32. The van der Waals surface area contributed by atoms with Gasteiger partial charge in [0.15, 0.2) is 0 Å². The van der Waals surface area contributed by atoms with Crippen molar-refractivity contribution in [3.63, 3.8) is 0 Å². The van der Waals surface area contributed by atoms with Crippen LogP contribution in [0.4, 0.5) is 0 Å². The Hall–Kier alpha value is -2.60. The zero-order valence-corrected chi connectivity index (χ0v) is 16.1. The summed E-state index contributed by atoms with van der Waals surface area (Å²) in [6.45, 7) is 8.22. The third kappa shape index (κ3) is 3.51. The number of aromatic nitrogens is 4. The lowest BCUT2D eigenvalue weighted by Gasteiger charge is -2.08. The van der Waals surface area contributed by atoms with E-state index in [2.05, 4.69) is 15.5 Å². The van der Waals surface area contributed by atoms with Crippen LogP contribution in [0.3, 0.4) is 0 Å². The van der Waals surface area contributed by atoms with E-state index < -0.39 is 0 Å². The SMILES string of the molecule is Cc1nn(CC(=O)NCc2c(C)nn(-c3ccccc3)c2C)c(C)c1Cl. The van der Waals surface area contributed by atoms with Crippen LogP contribution in [0.1, 0.15) is 28.3 Å². The number of benzene rings is 1. The van der Waals surface area contributed by atoms with Gasteiger partial charge in [-0.3, -0.25) is 9.48 Å². The van der Waals surface area contributed by atoms with Gasteiger partial charge in [0.1, 0.15) is 6.54 Å². The minimum absolute atomic E-state index is 0.112. The monoisotopic (exact) mass is 371 g/mol. The van der Waals surface area contributed by atoms with Crippen molar-refractivity contribution in [3.05, 3.63) is 63.7 Å². The van der Waals surface area contributed by atoms with Crippen LogP contribution in [0, 0.1) is 27.7 Å². The molecule has 6 nitrogen and oxygen atoms in total. The zero-order chi connectivity index (χ0) is 18.8. The number of nitrogens with zero attached hydrogens (tertiary/aromatic N) is 4. The van der Waals surface area contributed by atoms with E-state index in [1.807, 2.05) is 62.7 Å². The predicted octanol–water partition coefficient (Wildman–Crippen LogP) is 3.27. The molecular weight excluding hydrogens is 350 g/mol. The number of para-hydroxylation sites is 1. The number of hydrogen-bond donors (Lipinski definition) is 1. The van der Waals surface area contributed by atoms with Crippen LogP contribution >= 0.6 is 11.6 Å². The summed E-state index contributed by atoms with van der Waals surface area (Å²) in [5.74, 6) is -0.112. The standard InChI is InChI=1S/C19H22ClN5O/c1-12-17(14(3)25(23-12)16-8-6-5-7-9-16)10-21-18(26)11-24-15(4)19(20)13(2)22-24/h5-9H,10-11H2,1-4H3,(H,21,26). The first-order valence-electron chi connectivity index (χ1n) is 8.45. The highest BCUT2D eigenvalue weighted by atomic mass is 35.5. The molecule has 0 atom stereocenters. The van der Waals surface area contributed by atoms with Crippen LogP contribution in [0.2, 0.25) is 5.02 Å². The number of nitrogens with one attached hydrogen (secondary N) is 1. The minimum Gasteiger partial charge on any atom is -0.350 e. The largest absolute Gasteiger partial charge is 0.350 e. The van der Waals surface area contributed by atoms with E-state index in [4.69, 9.17) is 11.6 Å². The molecule has 7 heteroatoms. The summed E-state index contributed by atoms with van der Waals surface area (Å²) in [4.78, 5) is 12.3. The third-order valence-electron chi connectivity index (χ3n) is 4.49. The summed E-state index contributed by atoms with van der Waals surface area (Å²) >= 11 is 6.13. The average Bonchev–Trinajstić information content (AvgIpc) is 3.04. The molecule has 1 amide bonds. The predicted molar refractivity (Wildman–Crippen MR) is 102 cm³/mol. The second-order valence-corrected chi connectivity index (χ2v) is 6.69. The van der Waals surface area contributed by atoms with Gasteiger partial charge in [-0.15, -0.1) is 0 Å². The average molecular weight is 372 g/mol. The molecule has 0 aliphatic heterocycles. The fraction of sp³-hybridized carbons (Fsp3) is 0.316. The van der Waals surface area contributed by atoms with Crippen LogP contribution in [0.15, 0.2) is 30.3 Å². The Balaban J connectivity index is 1.71. The van der Waals surface area contributed by atoms with Gasteiger partial charge in [0, 0.05) is 17.8 Å². The van der Waals surface area contributed by atoms with Gasteiger partial charge in [0.2, 0.25) is 5.91 Å². The maximum atomic E-state index is 12.3. The minimum atomic E-state index is -0.112. The Morgan fingerprint density at radius 2 is 1.73 bits per heavy atom. The van der Waals surface area contributed by atoms with Gasteiger partial charge < -0.3 is 5.32 Å². The van der Waals surface area contributed by atoms with Crippen molar-refractivity contribution in [2.45, 2.75) is 40.8 Å². The zero-order valence-electron chi connectivity index (χ0n) is 15.4. The summed E-state index contributed by atoms with van der Waals surface area (Å²) in [5.41, 5.74) is 5.47. The van der Waals surface area contributed by atoms with E-state index in [1.165, 1.54) is 0 Å². The Kier molecular flexibility index (Phi) is 5.13. The fourth-order valence-electron chi connectivity index (χ4n) is 2.96. The van der Waals surface area contributed by atoms with Gasteiger partial charge >= 0.3 is 0 Å². The lowest BCUT2D eigenvalue weighted by molar-refractivity contribution is -0.122. The number of halogens is 1. The molecule has 0 bridgehead atoms. The van der Waals surface area contributed by atoms with Crippen molar-refractivity contribution < 1.29 is 4.79 Å². The molecule has 2 aromatic heterocycles. The molecule has 0 aliphatic rings. The van der Waals surface area contributed by atoms with Crippen LogP contribution in [0.25, 0.3) is 5.69 Å². The molecule has 2 heterocycles. The molecule has 3 rings (SSSR count). The number of aryl methyl sites for hydroxylation is 2. The van der Waals surface area contributed by atoms with Crippen LogP contribution in [-0.4, -0.2) is 25.5 Å². The molecule has 0 unspecified atom stereocenters. The van der Waals surface area contributed by atoms with Crippen LogP contribution in [0.5, 0.6) is 0 Å². The Morgan fingerprint density at radius 1 is 1.04 bits per heavy atom. The highest BCUT2D eigenvalue weighted by Crippen LogP contribution is 2.19. The topological polar surface area (TPSA) is 64.7 Å². The van der Waals surface area contributed by atoms with E-state index in [0.717, 1.165) is 34.0 Å². The molecule has 1 aromatic carbocycles. The lowest BCUT2D eigenvalue weighted by Crippen LogP contribution is -2.28. The van der Waals surface area contributed by atoms with Crippen LogP contribution < -0.4 is 5.32 Å². The smallest absolute Gasteiger partial charge is 0.242 e. The van der Waals surface area contributed by atoms with Crippen molar-refractivity contribution in [3.8, 4) is 5.69 Å². The summed E-state index contributed by atoms with van der Waals surface area (Å²) in [7, 11) is 0. The van der Waals surface area contributed by atoms with E-state index in [1.54, 1.807) is 4.68 Å². The Morgan fingerprint density at radius 3 is 2.35 bits per heavy atom. The molecule has 0 radical (unpaired) electrons. The summed E-state index contributed by atoms with van der Waals surface area (Å²) in [5, 5.41) is 12.5. The molecule has 0 saturated carbocycles. The maximum absolute atomic E-state index is 12.3. The van der Waals surface area contributed by atoms with Gasteiger partial charge in [0.25, 0.3) is 0 Å². The van der Waals surface area contributed by atoms with Gasteiger partial charge in [-0.05, 0) is 39.8 Å². The van der Waals surface area contributed by atoms with Gasteiger partial charge in [0.05, 0.1) is 27.8 Å². The molecule has 0 spiro atoms. The molecule has 0 fully saturated rings. The van der Waals surface area contributed by atoms with Crippen molar-refractivity contribution in [1.82, 2.24) is 24.9 Å². The van der Waals surface area contributed by atoms with E-state index >= 15 is 0 Å². The number of carbonyl (C=O) groups excluding carboxylic acids is 1. The van der Waals surface area contributed by atoms with Crippen molar-refractivity contribution >= 4 is 17.5 Å². The number of rotatable bonds is 5. The first-order valence-corrected chi connectivity index (χ1v) is 8.83. The molecule has 26 heavy (non-hydrogen) atoms. The number of carbonyl (C=O) groups is 1. The van der Waals surface area contributed by atoms with E-state index in [-0.39, 0.29) is 12.5 Å². The van der Waals surface area contributed by atoms with Gasteiger partial charge in [-0.25, -0.2) is 4.68 Å². The second kappa shape index (κ2) is 7.33. The highest BCUT2D eigenvalue weighted by molar-refractivity contribution is 6.31. The van der Waals surface area contributed by atoms with Crippen molar-refractivity contribution in [1.29, 1.82) is 0 Å². The molecular formula is C19H22ClN5O. The van der Waals surface area contributed by atoms with Crippen molar-refractivity contribution in [2.24, 2.45) is 0 Å². The molecule has 0 aliphatic carbocycles. The summed E-state index contributed by atoms with van der Waals surface area (Å²) in [6, 6.07) is 9.95. The van der Waals surface area contributed by atoms with E-state index in [9.17, 15) is 4.79 Å². The summed E-state index contributed by atoms with van der Waals surface area (Å²) < 4.78 is 3.53. The third-order valence-corrected chi connectivity index (χ3v) is 5.04. The highest BCUT2D eigenvalue weighted by Gasteiger charge is 2.15. The molecule has 136 valence electrons. The fourth-order valence-corrected chi connectivity index (χ4v) is 3.09. The lowest BCUT2D eigenvalue weighted by atomic mass is 10.2. The maximum Gasteiger partial charge on any atom is 0.242 e. The molecule has 0 saturated heterocycles. The molecule has 3 aromatic rings. The van der Waals surface area contributed by atoms with E-state index in [0.29, 0.717) is 11.6 Å². The normalized spacial score (nSPS) is 11.0. The Bertz CT molecular complexity index is 943.